The number of aliphatic hydroxyl groups is 1. The van der Waals surface area contributed by atoms with E-state index in [4.69, 9.17) is 0 Å². The fourth-order valence-electron chi connectivity index (χ4n) is 3.64. The van der Waals surface area contributed by atoms with Crippen molar-refractivity contribution >= 4 is 21.4 Å². The van der Waals surface area contributed by atoms with Gasteiger partial charge in [-0.05, 0) is 49.3 Å². The van der Waals surface area contributed by atoms with Gasteiger partial charge in [-0.15, -0.1) is 0 Å². The molecule has 0 aliphatic heterocycles. The predicted octanol–water partition coefficient (Wildman–Crippen LogP) is 3.60. The number of nitro groups is 1. The lowest BCUT2D eigenvalue weighted by Gasteiger charge is -2.26. The first-order valence-electron chi connectivity index (χ1n) is 10.0. The van der Waals surface area contributed by atoms with Crippen molar-refractivity contribution in [2.24, 2.45) is 5.92 Å². The molecule has 1 fully saturated rings. The molecule has 1 unspecified atom stereocenters. The molecule has 0 saturated heterocycles. The molecule has 0 spiro atoms. The third kappa shape index (κ3) is 5.56. The van der Waals surface area contributed by atoms with Crippen molar-refractivity contribution in [1.29, 1.82) is 0 Å². The topological polar surface area (TPSA) is 122 Å². The van der Waals surface area contributed by atoms with Crippen LogP contribution in [-0.4, -0.2) is 31.0 Å². The van der Waals surface area contributed by atoms with E-state index in [2.05, 4.69) is 17.0 Å². The van der Waals surface area contributed by atoms with Crippen LogP contribution >= 0.6 is 0 Å². The molecule has 9 heteroatoms. The Labute approximate surface area is 176 Å². The van der Waals surface area contributed by atoms with E-state index in [-0.39, 0.29) is 28.9 Å². The molecular formula is C21H27N3O5S. The van der Waals surface area contributed by atoms with Crippen molar-refractivity contribution in [3.05, 3.63) is 64.2 Å². The zero-order valence-electron chi connectivity index (χ0n) is 16.8. The Kier molecular flexibility index (Phi) is 7.06. The van der Waals surface area contributed by atoms with Crippen molar-refractivity contribution in [2.45, 2.75) is 49.6 Å². The third-order valence-electron chi connectivity index (χ3n) is 5.48. The lowest BCUT2D eigenvalue weighted by Crippen LogP contribution is -2.37. The summed E-state index contributed by atoms with van der Waals surface area (Å²) < 4.78 is 28.1. The zero-order valence-corrected chi connectivity index (χ0v) is 17.6. The Balaban J connectivity index is 1.73. The molecule has 2 aromatic carbocycles. The summed E-state index contributed by atoms with van der Waals surface area (Å²) in [7, 11) is -3.86. The molecule has 1 saturated carbocycles. The van der Waals surface area contributed by atoms with Gasteiger partial charge in [0.2, 0.25) is 10.0 Å². The minimum Gasteiger partial charge on any atom is -0.387 e. The van der Waals surface area contributed by atoms with Crippen LogP contribution < -0.4 is 10.0 Å². The molecule has 2 aromatic rings. The van der Waals surface area contributed by atoms with Gasteiger partial charge in [0.05, 0.1) is 15.9 Å². The first-order chi connectivity index (χ1) is 14.3. The summed E-state index contributed by atoms with van der Waals surface area (Å²) in [6.07, 6.45) is 2.59. The summed E-state index contributed by atoms with van der Waals surface area (Å²) in [5.74, 6) is 0.587. The van der Waals surface area contributed by atoms with Crippen molar-refractivity contribution in [3.63, 3.8) is 0 Å². The van der Waals surface area contributed by atoms with E-state index in [1.54, 1.807) is 24.3 Å². The van der Waals surface area contributed by atoms with Gasteiger partial charge in [0.15, 0.2) is 0 Å². The highest BCUT2D eigenvalue weighted by Crippen LogP contribution is 2.30. The molecule has 1 aliphatic carbocycles. The van der Waals surface area contributed by atoms with Crippen LogP contribution in [-0.2, 0) is 10.0 Å². The van der Waals surface area contributed by atoms with Crippen LogP contribution in [0.4, 0.5) is 11.4 Å². The highest BCUT2D eigenvalue weighted by atomic mass is 32.2. The molecule has 1 aliphatic rings. The quantitative estimate of drug-likeness (QED) is 0.432. The average Bonchev–Trinajstić information content (AvgIpc) is 2.74. The standard InChI is InChI=1S/C21H27N3O5S/c1-15-7-9-17(10-8-15)23-30(28,29)18-11-12-19(20(13-18)24(26)27)22-14-21(25)16-5-3-2-4-6-16/h2-6,11-13,15,17,21-23,25H,7-10,14H2,1H3. The lowest BCUT2D eigenvalue weighted by molar-refractivity contribution is -0.384. The SMILES string of the molecule is CC1CCC(NS(=O)(=O)c2ccc(NCC(O)c3ccccc3)c([N+](=O)[O-])c2)CC1. The Morgan fingerprint density at radius 2 is 1.80 bits per heavy atom. The second kappa shape index (κ2) is 9.55. The van der Waals surface area contributed by atoms with Gasteiger partial charge in [-0.2, -0.15) is 0 Å². The van der Waals surface area contributed by atoms with Crippen molar-refractivity contribution in [1.82, 2.24) is 4.72 Å². The van der Waals surface area contributed by atoms with Crippen molar-refractivity contribution in [3.8, 4) is 0 Å². The third-order valence-corrected chi connectivity index (χ3v) is 7.00. The van der Waals surface area contributed by atoms with Gasteiger partial charge in [0, 0.05) is 18.7 Å². The predicted molar refractivity (Wildman–Crippen MR) is 115 cm³/mol. The first-order valence-corrected chi connectivity index (χ1v) is 11.5. The molecule has 162 valence electrons. The number of nitrogens with one attached hydrogen (secondary N) is 2. The molecule has 1 atom stereocenters. The summed E-state index contributed by atoms with van der Waals surface area (Å²) in [5.41, 5.74) is 0.480. The van der Waals surface area contributed by atoms with Crippen LogP contribution in [0.15, 0.2) is 53.4 Å². The fraction of sp³-hybridized carbons (Fsp3) is 0.429. The number of nitrogens with zero attached hydrogens (tertiary/aromatic N) is 1. The van der Waals surface area contributed by atoms with Crippen molar-refractivity contribution < 1.29 is 18.4 Å². The van der Waals surface area contributed by atoms with E-state index >= 15 is 0 Å². The van der Waals surface area contributed by atoms with Gasteiger partial charge in [0.25, 0.3) is 5.69 Å². The minimum absolute atomic E-state index is 0.0511. The number of anilines is 1. The average molecular weight is 434 g/mol. The Morgan fingerprint density at radius 3 is 2.43 bits per heavy atom. The highest BCUT2D eigenvalue weighted by Gasteiger charge is 2.26. The van der Waals surface area contributed by atoms with Crippen LogP contribution in [0.5, 0.6) is 0 Å². The normalized spacial score (nSPS) is 20.5. The van der Waals surface area contributed by atoms with Gasteiger partial charge in [-0.1, -0.05) is 37.3 Å². The minimum atomic E-state index is -3.86. The number of nitro benzene ring substituents is 1. The van der Waals surface area contributed by atoms with Gasteiger partial charge in [0.1, 0.15) is 5.69 Å². The maximum Gasteiger partial charge on any atom is 0.293 e. The lowest BCUT2D eigenvalue weighted by atomic mass is 9.88. The van der Waals surface area contributed by atoms with E-state index in [0.29, 0.717) is 11.5 Å². The smallest absolute Gasteiger partial charge is 0.293 e. The molecule has 0 heterocycles. The van der Waals surface area contributed by atoms with Gasteiger partial charge >= 0.3 is 0 Å². The van der Waals surface area contributed by atoms with Crippen LogP contribution in [0.3, 0.4) is 0 Å². The summed E-state index contributed by atoms with van der Waals surface area (Å²) in [6, 6.07) is 12.6. The number of sulfonamides is 1. The number of benzene rings is 2. The van der Waals surface area contributed by atoms with E-state index in [1.165, 1.54) is 12.1 Å². The Morgan fingerprint density at radius 1 is 1.13 bits per heavy atom. The van der Waals surface area contributed by atoms with E-state index < -0.39 is 21.1 Å². The number of aliphatic hydroxyl groups excluding tert-OH is 1. The van der Waals surface area contributed by atoms with Crippen LogP contribution in [0.2, 0.25) is 0 Å². The monoisotopic (exact) mass is 433 g/mol. The fourth-order valence-corrected chi connectivity index (χ4v) is 4.97. The first kappa shape index (κ1) is 22.2. The molecule has 30 heavy (non-hydrogen) atoms. The maximum atomic E-state index is 12.7. The zero-order chi connectivity index (χ0) is 21.7. The van der Waals surface area contributed by atoms with Crippen LogP contribution in [0.1, 0.15) is 44.3 Å². The molecule has 3 N–H and O–H groups in total. The molecule has 0 radical (unpaired) electrons. The summed E-state index contributed by atoms with van der Waals surface area (Å²) in [5, 5.41) is 24.6. The van der Waals surface area contributed by atoms with Gasteiger partial charge in [-0.25, -0.2) is 13.1 Å². The largest absolute Gasteiger partial charge is 0.387 e. The number of rotatable bonds is 8. The van der Waals surface area contributed by atoms with Crippen molar-refractivity contribution in [2.75, 3.05) is 11.9 Å². The second-order valence-corrected chi connectivity index (χ2v) is 9.54. The number of hydrogen-bond acceptors (Lipinski definition) is 6. The molecular weight excluding hydrogens is 406 g/mol. The second-order valence-electron chi connectivity index (χ2n) is 7.82. The van der Waals surface area contributed by atoms with Gasteiger partial charge < -0.3 is 10.4 Å². The molecule has 0 amide bonds. The molecule has 8 nitrogen and oxygen atoms in total. The summed E-state index contributed by atoms with van der Waals surface area (Å²) >= 11 is 0. The Hall–Kier alpha value is -2.49. The number of hydrogen-bond donors (Lipinski definition) is 3. The molecule has 0 aromatic heterocycles. The summed E-state index contributed by atoms with van der Waals surface area (Å²) in [6.45, 7) is 2.20. The summed E-state index contributed by atoms with van der Waals surface area (Å²) in [4.78, 5) is 10.8. The van der Waals surface area contributed by atoms with E-state index in [0.717, 1.165) is 31.7 Å². The van der Waals surface area contributed by atoms with E-state index in [1.807, 2.05) is 6.07 Å². The maximum absolute atomic E-state index is 12.7. The van der Waals surface area contributed by atoms with Gasteiger partial charge in [-0.3, -0.25) is 10.1 Å². The molecule has 0 bridgehead atoms. The Bertz CT molecular complexity index is 973. The highest BCUT2D eigenvalue weighted by molar-refractivity contribution is 7.89. The van der Waals surface area contributed by atoms with Crippen LogP contribution in [0.25, 0.3) is 0 Å². The molecule has 3 rings (SSSR count). The van der Waals surface area contributed by atoms with Crippen LogP contribution in [0, 0.1) is 16.0 Å². The van der Waals surface area contributed by atoms with E-state index in [9.17, 15) is 23.6 Å².